The van der Waals surface area contributed by atoms with Crippen molar-refractivity contribution in [2.45, 2.75) is 29.9 Å². The highest BCUT2D eigenvalue weighted by atomic mass is 32.2. The maximum absolute atomic E-state index is 14.0. The third kappa shape index (κ3) is 3.49. The molecule has 0 fully saturated rings. The number of nitrogens with one attached hydrogen (secondary N) is 2. The van der Waals surface area contributed by atoms with Gasteiger partial charge in [-0.3, -0.25) is 4.57 Å². The van der Waals surface area contributed by atoms with Crippen molar-refractivity contribution in [3.05, 3.63) is 40.1 Å². The number of rotatable bonds is 6. The van der Waals surface area contributed by atoms with Gasteiger partial charge in [-0.25, -0.2) is 14.3 Å². The van der Waals surface area contributed by atoms with Crippen LogP contribution in [0.3, 0.4) is 0 Å². The summed E-state index contributed by atoms with van der Waals surface area (Å²) in [5.41, 5.74) is 0.588. The molecule has 0 aliphatic carbocycles. The molecule has 0 aliphatic rings. The van der Waals surface area contributed by atoms with Gasteiger partial charge in [-0.05, 0) is 42.4 Å². The predicted molar refractivity (Wildman–Crippen MR) is 76.3 cm³/mol. The molecule has 20 heavy (non-hydrogen) atoms. The topological polar surface area (TPSA) is 62.7 Å². The molecular weight excluding hydrogens is 279 g/mol. The molecule has 0 amide bonds. The lowest BCUT2D eigenvalue weighted by atomic mass is 10.2. The quantitative estimate of drug-likeness (QED) is 0.799. The molecule has 0 bridgehead atoms. The third-order valence-electron chi connectivity index (χ3n) is 2.79. The summed E-state index contributed by atoms with van der Waals surface area (Å²) in [5.74, 6) is -0.304. The molecule has 108 valence electrons. The summed E-state index contributed by atoms with van der Waals surface area (Å²) in [4.78, 5) is 11.7. The first-order chi connectivity index (χ1) is 9.61. The number of hydrogen-bond acceptors (Lipinski definition) is 4. The Labute approximate surface area is 120 Å². The lowest BCUT2D eigenvalue weighted by molar-refractivity contribution is 0.594. The third-order valence-corrected chi connectivity index (χ3v) is 3.89. The van der Waals surface area contributed by atoms with Crippen LogP contribution in [-0.4, -0.2) is 21.3 Å². The van der Waals surface area contributed by atoms with Crippen LogP contribution >= 0.6 is 11.8 Å². The van der Waals surface area contributed by atoms with E-state index in [1.54, 1.807) is 13.1 Å². The van der Waals surface area contributed by atoms with Crippen LogP contribution in [0.5, 0.6) is 0 Å². The van der Waals surface area contributed by atoms with Gasteiger partial charge in [0.2, 0.25) is 0 Å². The van der Waals surface area contributed by atoms with Gasteiger partial charge in [-0.2, -0.15) is 0 Å². The van der Waals surface area contributed by atoms with E-state index in [-0.39, 0.29) is 11.5 Å². The Kier molecular flexibility index (Phi) is 4.97. The molecule has 1 aromatic heterocycles. The minimum absolute atomic E-state index is 0.304. The number of nitrogens with zero attached hydrogens (tertiary/aromatic N) is 2. The zero-order valence-electron chi connectivity index (χ0n) is 11.4. The summed E-state index contributed by atoms with van der Waals surface area (Å²) in [7, 11) is 1.59. The van der Waals surface area contributed by atoms with Gasteiger partial charge in [0.05, 0.1) is 4.90 Å². The zero-order chi connectivity index (χ0) is 14.5. The predicted octanol–water partition coefficient (Wildman–Crippen LogP) is 1.90. The molecule has 2 aromatic rings. The highest BCUT2D eigenvalue weighted by Crippen LogP contribution is 2.27. The van der Waals surface area contributed by atoms with Crippen LogP contribution in [0, 0.1) is 5.82 Å². The summed E-state index contributed by atoms with van der Waals surface area (Å²) >= 11 is 1.12. The van der Waals surface area contributed by atoms with Crippen LogP contribution in [0.25, 0.3) is 0 Å². The van der Waals surface area contributed by atoms with E-state index in [2.05, 4.69) is 22.4 Å². The summed E-state index contributed by atoms with van der Waals surface area (Å²) in [5, 5.41) is 9.83. The second-order valence-electron chi connectivity index (χ2n) is 4.41. The monoisotopic (exact) mass is 296 g/mol. The molecule has 7 heteroatoms. The van der Waals surface area contributed by atoms with E-state index in [4.69, 9.17) is 0 Å². The van der Waals surface area contributed by atoms with E-state index in [1.165, 1.54) is 10.6 Å². The number of halogens is 1. The average molecular weight is 296 g/mol. The molecule has 2 rings (SSSR count). The van der Waals surface area contributed by atoms with Crippen molar-refractivity contribution in [1.82, 2.24) is 20.1 Å². The molecule has 0 saturated carbocycles. The maximum Gasteiger partial charge on any atom is 0.343 e. The van der Waals surface area contributed by atoms with Crippen LogP contribution < -0.4 is 11.0 Å². The lowest BCUT2D eigenvalue weighted by Crippen LogP contribution is -2.14. The Bertz CT molecular complexity index is 638. The van der Waals surface area contributed by atoms with Crippen LogP contribution in [0.4, 0.5) is 4.39 Å². The molecule has 0 saturated heterocycles. The van der Waals surface area contributed by atoms with Crippen molar-refractivity contribution in [3.8, 4) is 0 Å². The largest absolute Gasteiger partial charge is 0.343 e. The first-order valence-electron chi connectivity index (χ1n) is 6.40. The van der Waals surface area contributed by atoms with E-state index in [0.29, 0.717) is 16.6 Å². The van der Waals surface area contributed by atoms with E-state index < -0.39 is 0 Å². The summed E-state index contributed by atoms with van der Waals surface area (Å²) in [6.45, 7) is 3.64. The second-order valence-corrected chi connectivity index (χ2v) is 5.42. The van der Waals surface area contributed by atoms with Crippen molar-refractivity contribution in [2.75, 3.05) is 6.54 Å². The second kappa shape index (κ2) is 6.71. The number of hydrogen-bond donors (Lipinski definition) is 2. The summed E-state index contributed by atoms with van der Waals surface area (Å²) in [6.07, 6.45) is 1.05. The molecular formula is C13H17FN4OS. The summed E-state index contributed by atoms with van der Waals surface area (Å²) in [6, 6.07) is 5.09. The van der Waals surface area contributed by atoms with Gasteiger partial charge in [-0.1, -0.05) is 13.0 Å². The van der Waals surface area contributed by atoms with Crippen molar-refractivity contribution in [1.29, 1.82) is 0 Å². The zero-order valence-corrected chi connectivity index (χ0v) is 12.3. The minimum atomic E-state index is -0.312. The Morgan fingerprint density at radius 2 is 2.30 bits per heavy atom. The van der Waals surface area contributed by atoms with E-state index in [0.717, 1.165) is 30.3 Å². The smallest absolute Gasteiger partial charge is 0.313 e. The number of H-pyrrole nitrogens is 1. The maximum atomic E-state index is 14.0. The Morgan fingerprint density at radius 1 is 1.50 bits per heavy atom. The Morgan fingerprint density at radius 3 is 2.90 bits per heavy atom. The number of aromatic nitrogens is 3. The highest BCUT2D eigenvalue weighted by Gasteiger charge is 2.10. The van der Waals surface area contributed by atoms with Gasteiger partial charge in [0, 0.05) is 13.6 Å². The van der Waals surface area contributed by atoms with Crippen LogP contribution in [0.2, 0.25) is 0 Å². The van der Waals surface area contributed by atoms with Gasteiger partial charge >= 0.3 is 5.69 Å². The fourth-order valence-corrected chi connectivity index (χ4v) is 2.47. The summed E-state index contributed by atoms with van der Waals surface area (Å²) < 4.78 is 15.4. The van der Waals surface area contributed by atoms with Gasteiger partial charge in [-0.15, -0.1) is 5.10 Å². The van der Waals surface area contributed by atoms with Crippen molar-refractivity contribution in [3.63, 3.8) is 0 Å². The van der Waals surface area contributed by atoms with Crippen molar-refractivity contribution < 1.29 is 4.39 Å². The molecule has 2 N–H and O–H groups in total. The van der Waals surface area contributed by atoms with Gasteiger partial charge in [0.25, 0.3) is 0 Å². The van der Waals surface area contributed by atoms with Crippen LogP contribution in [-0.2, 0) is 13.6 Å². The SMILES string of the molecule is CCCNCc1ccc(Sc2n[nH]c(=O)n2C)c(F)c1. The first kappa shape index (κ1) is 14.8. The standard InChI is InChI=1S/C13H17FN4OS/c1-3-6-15-8-9-4-5-11(10(14)7-9)20-13-17-16-12(19)18(13)2/h4-5,7,15H,3,6,8H2,1-2H3,(H,16,19). The molecule has 5 nitrogen and oxygen atoms in total. The van der Waals surface area contributed by atoms with Crippen molar-refractivity contribution in [2.24, 2.45) is 7.05 Å². The molecule has 0 atom stereocenters. The van der Waals surface area contributed by atoms with Crippen molar-refractivity contribution >= 4 is 11.8 Å². The fraction of sp³-hybridized carbons (Fsp3) is 0.385. The molecule has 0 spiro atoms. The number of aromatic amines is 1. The fourth-order valence-electron chi connectivity index (χ4n) is 1.67. The molecule has 0 aliphatic heterocycles. The molecule has 0 unspecified atom stereocenters. The first-order valence-corrected chi connectivity index (χ1v) is 7.22. The Hall–Kier alpha value is -1.60. The number of benzene rings is 1. The molecule has 1 aromatic carbocycles. The minimum Gasteiger partial charge on any atom is -0.313 e. The van der Waals surface area contributed by atoms with E-state index in [1.807, 2.05) is 6.07 Å². The average Bonchev–Trinajstić information content (AvgIpc) is 2.74. The normalized spacial score (nSPS) is 10.9. The molecule has 0 radical (unpaired) electrons. The van der Waals surface area contributed by atoms with Gasteiger partial charge < -0.3 is 5.32 Å². The van der Waals surface area contributed by atoms with Crippen LogP contribution in [0.15, 0.2) is 33.0 Å². The Balaban J connectivity index is 2.09. The highest BCUT2D eigenvalue weighted by molar-refractivity contribution is 7.99. The van der Waals surface area contributed by atoms with E-state index in [9.17, 15) is 9.18 Å². The lowest BCUT2D eigenvalue weighted by Gasteiger charge is -2.06. The van der Waals surface area contributed by atoms with Gasteiger partial charge in [0.1, 0.15) is 5.82 Å². The van der Waals surface area contributed by atoms with E-state index >= 15 is 0 Å². The molecule has 1 heterocycles. The van der Waals surface area contributed by atoms with Gasteiger partial charge in [0.15, 0.2) is 5.16 Å². The van der Waals surface area contributed by atoms with Crippen LogP contribution in [0.1, 0.15) is 18.9 Å².